The fraction of sp³-hybridized carbons (Fsp3) is 0.353. The number of aromatic nitrogens is 1. The summed E-state index contributed by atoms with van der Waals surface area (Å²) in [6, 6.07) is 6.88. The third-order valence-corrected chi connectivity index (χ3v) is 3.95. The number of nitrogens with zero attached hydrogens (tertiary/aromatic N) is 3. The molecule has 8 nitrogen and oxygen atoms in total. The molecular weight excluding hydrogens is 326 g/mol. The zero-order valence-electron chi connectivity index (χ0n) is 14.7. The Morgan fingerprint density at radius 3 is 2.48 bits per heavy atom. The third kappa shape index (κ3) is 4.09. The van der Waals surface area contributed by atoms with E-state index in [2.05, 4.69) is 0 Å². The lowest BCUT2D eigenvalue weighted by atomic mass is 10.1. The fourth-order valence-corrected chi connectivity index (χ4v) is 2.49. The summed E-state index contributed by atoms with van der Waals surface area (Å²) in [4.78, 5) is 24.3. The maximum absolute atomic E-state index is 12.5. The first-order chi connectivity index (χ1) is 11.9. The quantitative estimate of drug-likeness (QED) is 0.566. The van der Waals surface area contributed by atoms with E-state index in [1.807, 2.05) is 18.2 Å². The molecule has 0 aliphatic carbocycles. The molecule has 0 aliphatic rings. The van der Waals surface area contributed by atoms with Crippen molar-refractivity contribution in [1.82, 2.24) is 9.47 Å². The number of nitro groups is 1. The topological polar surface area (TPSA) is 86.8 Å². The summed E-state index contributed by atoms with van der Waals surface area (Å²) in [5, 5.41) is 10.8. The maximum Gasteiger partial charge on any atom is 0.287 e. The van der Waals surface area contributed by atoms with Crippen LogP contribution in [0.3, 0.4) is 0 Å². The molecule has 2 rings (SSSR count). The van der Waals surface area contributed by atoms with Crippen molar-refractivity contribution in [2.24, 2.45) is 7.05 Å². The summed E-state index contributed by atoms with van der Waals surface area (Å²) in [6.45, 7) is 0.466. The Morgan fingerprint density at radius 1 is 1.24 bits per heavy atom. The van der Waals surface area contributed by atoms with Gasteiger partial charge in [-0.15, -0.1) is 0 Å². The van der Waals surface area contributed by atoms with Crippen LogP contribution in [0.25, 0.3) is 0 Å². The molecule has 0 fully saturated rings. The van der Waals surface area contributed by atoms with Gasteiger partial charge in [0.15, 0.2) is 11.5 Å². The first-order valence-corrected chi connectivity index (χ1v) is 7.64. The van der Waals surface area contributed by atoms with Crippen LogP contribution < -0.4 is 9.47 Å². The van der Waals surface area contributed by atoms with Gasteiger partial charge in [0, 0.05) is 26.7 Å². The number of likely N-dealkylation sites (N-methyl/N-ethyl adjacent to an activating group) is 1. The number of benzene rings is 1. The van der Waals surface area contributed by atoms with Gasteiger partial charge in [-0.1, -0.05) is 6.07 Å². The van der Waals surface area contributed by atoms with Gasteiger partial charge in [-0.25, -0.2) is 0 Å². The molecule has 0 atom stereocenters. The molecule has 134 valence electrons. The number of hydrogen-bond acceptors (Lipinski definition) is 5. The van der Waals surface area contributed by atoms with Crippen LogP contribution in [0.5, 0.6) is 11.5 Å². The second-order valence-corrected chi connectivity index (χ2v) is 5.62. The van der Waals surface area contributed by atoms with Crippen LogP contribution in [-0.2, 0) is 13.5 Å². The van der Waals surface area contributed by atoms with E-state index in [1.54, 1.807) is 28.3 Å². The summed E-state index contributed by atoms with van der Waals surface area (Å²) in [7, 11) is 6.42. The Labute approximate surface area is 145 Å². The van der Waals surface area contributed by atoms with E-state index in [0.717, 1.165) is 5.56 Å². The van der Waals surface area contributed by atoms with Gasteiger partial charge in [0.25, 0.3) is 11.6 Å². The monoisotopic (exact) mass is 347 g/mol. The van der Waals surface area contributed by atoms with Gasteiger partial charge in [-0.2, -0.15) is 0 Å². The summed E-state index contributed by atoms with van der Waals surface area (Å²) >= 11 is 0. The molecule has 0 saturated carbocycles. The first kappa shape index (κ1) is 18.3. The second kappa shape index (κ2) is 7.69. The SMILES string of the molecule is COc1ccc(CCN(C)C(=O)c2cc([N+](=O)[O-])cn2C)cc1OC. The van der Waals surface area contributed by atoms with Crippen LogP contribution in [0.2, 0.25) is 0 Å². The molecular formula is C17H21N3O5. The van der Waals surface area contributed by atoms with Crippen molar-refractivity contribution in [1.29, 1.82) is 0 Å². The zero-order chi connectivity index (χ0) is 18.6. The van der Waals surface area contributed by atoms with E-state index in [4.69, 9.17) is 9.47 Å². The molecule has 0 aliphatic heterocycles. The number of carbonyl (C=O) groups excluding carboxylic acids is 1. The zero-order valence-corrected chi connectivity index (χ0v) is 14.7. The number of hydrogen-bond donors (Lipinski definition) is 0. The Balaban J connectivity index is 2.06. The second-order valence-electron chi connectivity index (χ2n) is 5.62. The van der Waals surface area contributed by atoms with Crippen LogP contribution in [0.15, 0.2) is 30.5 Å². The number of ether oxygens (including phenoxy) is 2. The fourth-order valence-electron chi connectivity index (χ4n) is 2.49. The molecule has 0 radical (unpaired) electrons. The van der Waals surface area contributed by atoms with E-state index in [0.29, 0.717) is 24.5 Å². The molecule has 1 aromatic heterocycles. The highest BCUT2D eigenvalue weighted by atomic mass is 16.6. The largest absolute Gasteiger partial charge is 0.493 e. The van der Waals surface area contributed by atoms with Gasteiger partial charge >= 0.3 is 0 Å². The Bertz CT molecular complexity index is 785. The Hall–Kier alpha value is -3.03. The van der Waals surface area contributed by atoms with Crippen molar-refractivity contribution in [2.45, 2.75) is 6.42 Å². The highest BCUT2D eigenvalue weighted by Gasteiger charge is 2.20. The van der Waals surface area contributed by atoms with Gasteiger partial charge in [0.2, 0.25) is 0 Å². The van der Waals surface area contributed by atoms with Gasteiger partial charge < -0.3 is 18.9 Å². The molecule has 0 bridgehead atoms. The van der Waals surface area contributed by atoms with Gasteiger partial charge in [0.1, 0.15) is 5.69 Å². The molecule has 25 heavy (non-hydrogen) atoms. The minimum Gasteiger partial charge on any atom is -0.493 e. The Morgan fingerprint density at radius 2 is 1.92 bits per heavy atom. The first-order valence-electron chi connectivity index (χ1n) is 7.64. The molecule has 2 aromatic rings. The molecule has 1 aromatic carbocycles. The summed E-state index contributed by atoms with van der Waals surface area (Å²) < 4.78 is 11.9. The van der Waals surface area contributed by atoms with Crippen LogP contribution in [0.1, 0.15) is 16.1 Å². The minimum atomic E-state index is -0.513. The highest BCUT2D eigenvalue weighted by molar-refractivity contribution is 5.93. The highest BCUT2D eigenvalue weighted by Crippen LogP contribution is 2.27. The summed E-state index contributed by atoms with van der Waals surface area (Å²) in [6.07, 6.45) is 1.95. The number of methoxy groups -OCH3 is 2. The molecule has 1 amide bonds. The van der Waals surface area contributed by atoms with E-state index >= 15 is 0 Å². The molecule has 0 spiro atoms. The van der Waals surface area contributed by atoms with Crippen molar-refractivity contribution in [3.05, 3.63) is 51.8 Å². The average Bonchev–Trinajstić information content (AvgIpc) is 3.00. The molecule has 8 heteroatoms. The van der Waals surface area contributed by atoms with Gasteiger partial charge in [-0.3, -0.25) is 14.9 Å². The standard InChI is InChI=1S/C17H21N3O5/c1-18(17(21)14-10-13(20(22)23)11-19(14)2)8-7-12-5-6-15(24-3)16(9-12)25-4/h5-6,9-11H,7-8H2,1-4H3. The number of amides is 1. The van der Waals surface area contributed by atoms with Crippen LogP contribution in [0, 0.1) is 10.1 Å². The van der Waals surface area contributed by atoms with Crippen molar-refractivity contribution in [3.8, 4) is 11.5 Å². The molecule has 1 heterocycles. The number of rotatable bonds is 7. The normalized spacial score (nSPS) is 10.4. The van der Waals surface area contributed by atoms with E-state index in [1.165, 1.54) is 21.7 Å². The maximum atomic E-state index is 12.5. The summed E-state index contributed by atoms with van der Waals surface area (Å²) in [5.74, 6) is 1.01. The number of carbonyl (C=O) groups is 1. The lowest BCUT2D eigenvalue weighted by Gasteiger charge is -2.18. The van der Waals surface area contributed by atoms with Gasteiger partial charge in [0.05, 0.1) is 25.3 Å². The Kier molecular flexibility index (Phi) is 5.63. The van der Waals surface area contributed by atoms with E-state index < -0.39 is 4.92 Å². The van der Waals surface area contributed by atoms with E-state index in [9.17, 15) is 14.9 Å². The third-order valence-electron chi connectivity index (χ3n) is 3.95. The van der Waals surface area contributed by atoms with Gasteiger partial charge in [-0.05, 0) is 24.1 Å². The smallest absolute Gasteiger partial charge is 0.287 e. The lowest BCUT2D eigenvalue weighted by molar-refractivity contribution is -0.384. The minimum absolute atomic E-state index is 0.0980. The molecule has 0 N–H and O–H groups in total. The average molecular weight is 347 g/mol. The van der Waals surface area contributed by atoms with Crippen molar-refractivity contribution >= 4 is 11.6 Å². The molecule has 0 saturated heterocycles. The summed E-state index contributed by atoms with van der Waals surface area (Å²) in [5.41, 5.74) is 1.18. The predicted molar refractivity (Wildman–Crippen MR) is 92.3 cm³/mol. The van der Waals surface area contributed by atoms with E-state index in [-0.39, 0.29) is 17.3 Å². The van der Waals surface area contributed by atoms with Crippen LogP contribution >= 0.6 is 0 Å². The van der Waals surface area contributed by atoms with Crippen molar-refractivity contribution < 1.29 is 19.2 Å². The predicted octanol–water partition coefficient (Wildman–Crippen LogP) is 2.27. The molecule has 0 unspecified atom stereocenters. The van der Waals surface area contributed by atoms with Crippen LogP contribution in [0.4, 0.5) is 5.69 Å². The van der Waals surface area contributed by atoms with Crippen molar-refractivity contribution in [3.63, 3.8) is 0 Å². The number of aryl methyl sites for hydroxylation is 1. The van der Waals surface area contributed by atoms with Crippen molar-refractivity contribution in [2.75, 3.05) is 27.8 Å². The lowest BCUT2D eigenvalue weighted by Crippen LogP contribution is -2.30. The van der Waals surface area contributed by atoms with Crippen LogP contribution in [-0.4, -0.2) is 48.1 Å².